The van der Waals surface area contributed by atoms with Crippen LogP contribution >= 0.6 is 0 Å². The third-order valence-corrected chi connectivity index (χ3v) is 8.00. The number of aryl methyl sites for hydroxylation is 1. The molecule has 1 aliphatic rings. The Morgan fingerprint density at radius 2 is 1.77 bits per heavy atom. The average Bonchev–Trinajstić information content (AvgIpc) is 3.40. The van der Waals surface area contributed by atoms with Crippen LogP contribution in [0.1, 0.15) is 44.9 Å². The summed E-state index contributed by atoms with van der Waals surface area (Å²) in [6.07, 6.45) is 3.43. The SMILES string of the molecule is COc1ccc(-c2ccc3oc(C(=O)Nc4ccc(N5CCC(OCc6cccc(C(=O)O)c6)CC5)nc4)c(C)c3c2)cc1. The van der Waals surface area contributed by atoms with Crippen molar-refractivity contribution in [1.82, 2.24) is 4.98 Å². The molecule has 0 spiro atoms. The standard InChI is InChI=1S/C35H33N3O6/c1-22-30-19-25(24-6-10-28(42-2)11-7-24)8-12-31(30)44-33(22)34(39)37-27-9-13-32(36-20-27)38-16-14-29(15-17-38)43-21-23-4-3-5-26(18-23)35(40)41/h3-13,18-20,29H,14-17,21H2,1-2H3,(H,37,39)(H,40,41). The summed E-state index contributed by atoms with van der Waals surface area (Å²) in [6.45, 7) is 3.85. The molecule has 9 heteroatoms. The quantitative estimate of drug-likeness (QED) is 0.189. The summed E-state index contributed by atoms with van der Waals surface area (Å²) in [5.74, 6) is 0.632. The van der Waals surface area contributed by atoms with Gasteiger partial charge in [-0.1, -0.05) is 30.3 Å². The first kappa shape index (κ1) is 28.9. The van der Waals surface area contributed by atoms with Gasteiger partial charge in [0.25, 0.3) is 5.91 Å². The van der Waals surface area contributed by atoms with Crippen molar-refractivity contribution in [3.63, 3.8) is 0 Å². The lowest BCUT2D eigenvalue weighted by molar-refractivity contribution is 0.0250. The fourth-order valence-corrected chi connectivity index (χ4v) is 5.50. The van der Waals surface area contributed by atoms with Crippen LogP contribution in [0.5, 0.6) is 5.75 Å². The second kappa shape index (κ2) is 12.6. The number of nitrogens with one attached hydrogen (secondary N) is 1. The largest absolute Gasteiger partial charge is 0.497 e. The topological polar surface area (TPSA) is 114 Å². The summed E-state index contributed by atoms with van der Waals surface area (Å²) in [6, 6.07) is 24.3. The van der Waals surface area contributed by atoms with Gasteiger partial charge >= 0.3 is 5.97 Å². The van der Waals surface area contributed by atoms with Crippen LogP contribution < -0.4 is 15.0 Å². The number of rotatable bonds is 9. The summed E-state index contributed by atoms with van der Waals surface area (Å²) < 4.78 is 17.3. The fourth-order valence-electron chi connectivity index (χ4n) is 5.50. The van der Waals surface area contributed by atoms with Gasteiger partial charge in [0.05, 0.1) is 37.3 Å². The van der Waals surface area contributed by atoms with Gasteiger partial charge in [-0.25, -0.2) is 9.78 Å². The van der Waals surface area contributed by atoms with Crippen LogP contribution in [-0.2, 0) is 11.3 Å². The number of pyridine rings is 1. The molecule has 0 unspecified atom stereocenters. The molecule has 0 bridgehead atoms. The third-order valence-electron chi connectivity index (χ3n) is 8.00. The third kappa shape index (κ3) is 6.28. The number of carboxylic acid groups (broad SMARTS) is 1. The molecule has 0 aliphatic carbocycles. The van der Waals surface area contributed by atoms with Crippen LogP contribution in [0.4, 0.5) is 11.5 Å². The lowest BCUT2D eigenvalue weighted by atomic mass is 10.0. The molecule has 3 aromatic carbocycles. The van der Waals surface area contributed by atoms with Gasteiger partial charge in [0.15, 0.2) is 5.76 Å². The Kier molecular flexibility index (Phi) is 8.29. The molecule has 0 radical (unpaired) electrons. The molecular formula is C35H33N3O6. The van der Waals surface area contributed by atoms with Gasteiger partial charge in [0, 0.05) is 24.0 Å². The molecule has 9 nitrogen and oxygen atoms in total. The van der Waals surface area contributed by atoms with Crippen molar-refractivity contribution in [3.8, 4) is 16.9 Å². The van der Waals surface area contributed by atoms with E-state index >= 15 is 0 Å². The van der Waals surface area contributed by atoms with Crippen LogP contribution in [-0.4, -0.2) is 48.3 Å². The highest BCUT2D eigenvalue weighted by Crippen LogP contribution is 2.31. The maximum Gasteiger partial charge on any atom is 0.335 e. The van der Waals surface area contributed by atoms with E-state index in [9.17, 15) is 14.7 Å². The number of carbonyl (C=O) groups excluding carboxylic acids is 1. The number of hydrogen-bond donors (Lipinski definition) is 2. The van der Waals surface area contributed by atoms with Crippen molar-refractivity contribution < 1.29 is 28.6 Å². The highest BCUT2D eigenvalue weighted by molar-refractivity contribution is 6.06. The Hall–Kier alpha value is -5.15. The predicted molar refractivity (Wildman–Crippen MR) is 169 cm³/mol. The van der Waals surface area contributed by atoms with E-state index < -0.39 is 5.97 Å². The molecule has 224 valence electrons. The van der Waals surface area contributed by atoms with Gasteiger partial charge in [0.2, 0.25) is 0 Å². The number of carbonyl (C=O) groups is 2. The number of fused-ring (bicyclic) bond motifs is 1. The molecule has 5 aromatic rings. The number of carboxylic acids is 1. The number of aromatic nitrogens is 1. The predicted octanol–water partition coefficient (Wildman–Crippen LogP) is 6.95. The lowest BCUT2D eigenvalue weighted by Crippen LogP contribution is -2.37. The van der Waals surface area contributed by atoms with Gasteiger partial charge in [-0.05, 0) is 85.0 Å². The number of ether oxygens (including phenoxy) is 2. The molecule has 6 rings (SSSR count). The number of nitrogens with zero attached hydrogens (tertiary/aromatic N) is 2. The van der Waals surface area contributed by atoms with Crippen molar-refractivity contribution in [3.05, 3.63) is 108 Å². The monoisotopic (exact) mass is 591 g/mol. The van der Waals surface area contributed by atoms with E-state index in [1.807, 2.05) is 67.6 Å². The number of hydrogen-bond acceptors (Lipinski definition) is 7. The van der Waals surface area contributed by atoms with E-state index in [1.54, 1.807) is 31.5 Å². The van der Waals surface area contributed by atoms with Gasteiger partial charge in [-0.15, -0.1) is 0 Å². The second-order valence-electron chi connectivity index (χ2n) is 10.9. The van der Waals surface area contributed by atoms with Crippen LogP contribution in [0.3, 0.4) is 0 Å². The first-order valence-corrected chi connectivity index (χ1v) is 14.5. The van der Waals surface area contributed by atoms with E-state index in [2.05, 4.69) is 15.2 Å². The van der Waals surface area contributed by atoms with Crippen LogP contribution in [0, 0.1) is 6.92 Å². The highest BCUT2D eigenvalue weighted by atomic mass is 16.5. The molecule has 1 fully saturated rings. The van der Waals surface area contributed by atoms with Gasteiger partial charge in [-0.3, -0.25) is 4.79 Å². The maximum atomic E-state index is 13.2. The number of benzene rings is 3. The zero-order valence-corrected chi connectivity index (χ0v) is 24.6. The summed E-state index contributed by atoms with van der Waals surface area (Å²) in [5.41, 5.74) is 5.19. The van der Waals surface area contributed by atoms with Crippen molar-refractivity contribution in [2.75, 3.05) is 30.4 Å². The van der Waals surface area contributed by atoms with E-state index in [4.69, 9.17) is 13.9 Å². The summed E-state index contributed by atoms with van der Waals surface area (Å²) >= 11 is 0. The smallest absolute Gasteiger partial charge is 0.335 e. The molecule has 3 heterocycles. The van der Waals surface area contributed by atoms with Crippen LogP contribution in [0.25, 0.3) is 22.1 Å². The van der Waals surface area contributed by atoms with Crippen LogP contribution in [0.2, 0.25) is 0 Å². The maximum absolute atomic E-state index is 13.2. The number of amides is 1. The van der Waals surface area contributed by atoms with Gasteiger partial charge in [0.1, 0.15) is 17.2 Å². The van der Waals surface area contributed by atoms with E-state index in [1.165, 1.54) is 0 Å². The normalized spacial score (nSPS) is 13.6. The molecule has 0 saturated carbocycles. The Morgan fingerprint density at radius 3 is 2.48 bits per heavy atom. The highest BCUT2D eigenvalue weighted by Gasteiger charge is 2.22. The first-order valence-electron chi connectivity index (χ1n) is 14.5. The Balaban J connectivity index is 1.04. The summed E-state index contributed by atoms with van der Waals surface area (Å²) in [7, 11) is 1.64. The number of anilines is 2. The Morgan fingerprint density at radius 1 is 1.00 bits per heavy atom. The zero-order valence-electron chi connectivity index (χ0n) is 24.6. The van der Waals surface area contributed by atoms with E-state index in [-0.39, 0.29) is 23.3 Å². The molecule has 0 atom stereocenters. The zero-order chi connectivity index (χ0) is 30.6. The lowest BCUT2D eigenvalue weighted by Gasteiger charge is -2.32. The van der Waals surface area contributed by atoms with Crippen molar-refractivity contribution in [2.45, 2.75) is 32.5 Å². The molecule has 1 saturated heterocycles. The number of furan rings is 1. The minimum absolute atomic E-state index is 0.0950. The summed E-state index contributed by atoms with van der Waals surface area (Å²) in [4.78, 5) is 31.2. The van der Waals surface area contributed by atoms with E-state index in [0.717, 1.165) is 65.1 Å². The molecule has 1 amide bonds. The van der Waals surface area contributed by atoms with Crippen molar-refractivity contribution >= 4 is 34.4 Å². The average molecular weight is 592 g/mol. The first-order chi connectivity index (χ1) is 21.4. The van der Waals surface area contributed by atoms with Gasteiger partial charge in [-0.2, -0.15) is 0 Å². The minimum atomic E-state index is -0.942. The Bertz CT molecular complexity index is 1790. The van der Waals surface area contributed by atoms with E-state index in [0.29, 0.717) is 17.9 Å². The number of aromatic carboxylic acids is 1. The van der Waals surface area contributed by atoms with Crippen LogP contribution in [0.15, 0.2) is 89.5 Å². The molecule has 44 heavy (non-hydrogen) atoms. The second-order valence-corrected chi connectivity index (χ2v) is 10.9. The summed E-state index contributed by atoms with van der Waals surface area (Å²) in [5, 5.41) is 13.0. The molecule has 2 aromatic heterocycles. The molecule has 2 N–H and O–H groups in total. The molecule has 1 aliphatic heterocycles. The van der Waals surface area contributed by atoms with Gasteiger partial charge < -0.3 is 29.2 Å². The van der Waals surface area contributed by atoms with Crippen molar-refractivity contribution in [2.24, 2.45) is 0 Å². The molecular weight excluding hydrogens is 558 g/mol. The minimum Gasteiger partial charge on any atom is -0.497 e. The number of methoxy groups -OCH3 is 1. The number of piperidine rings is 1. The fraction of sp³-hybridized carbons (Fsp3) is 0.229. The Labute approximate surface area is 255 Å². The van der Waals surface area contributed by atoms with Crippen molar-refractivity contribution in [1.29, 1.82) is 0 Å².